The summed E-state index contributed by atoms with van der Waals surface area (Å²) >= 11 is 0. The topological polar surface area (TPSA) is 89.3 Å². The highest BCUT2D eigenvalue weighted by atomic mass is 32.2. The van der Waals surface area contributed by atoms with E-state index >= 15 is 0 Å². The summed E-state index contributed by atoms with van der Waals surface area (Å²) in [5.41, 5.74) is 0.177. The second-order valence-electron chi connectivity index (χ2n) is 4.75. The van der Waals surface area contributed by atoms with Crippen LogP contribution < -0.4 is 10.5 Å². The van der Waals surface area contributed by atoms with Crippen LogP contribution in [0.25, 0.3) is 0 Å². The van der Waals surface area contributed by atoms with Crippen molar-refractivity contribution in [3.63, 3.8) is 0 Å². The molecule has 1 amide bonds. The average Bonchev–Trinajstić information content (AvgIpc) is 3.11. The summed E-state index contributed by atoms with van der Waals surface area (Å²) in [4.78, 5) is 11.7. The molecule has 0 heterocycles. The molecule has 0 unspecified atom stereocenters. The van der Waals surface area contributed by atoms with Crippen LogP contribution in [0.2, 0.25) is 0 Å². The largest absolute Gasteiger partial charge is 0.355 e. The van der Waals surface area contributed by atoms with Crippen LogP contribution in [0.4, 0.5) is 8.78 Å². The summed E-state index contributed by atoms with van der Waals surface area (Å²) in [5, 5.41) is 7.22. The van der Waals surface area contributed by atoms with E-state index in [1.165, 1.54) is 12.1 Å². The quantitative estimate of drug-likeness (QED) is 0.829. The Balaban J connectivity index is 1.91. The summed E-state index contributed by atoms with van der Waals surface area (Å²) < 4.78 is 48.0. The van der Waals surface area contributed by atoms with Crippen molar-refractivity contribution < 1.29 is 22.0 Å². The van der Waals surface area contributed by atoms with Crippen LogP contribution in [-0.2, 0) is 14.8 Å². The first-order chi connectivity index (χ1) is 9.29. The SMILES string of the molecule is NS(=O)(=O)CCNC(=O)[C@H]1C[C@H]1c1cccc(F)c1F. The fourth-order valence-corrected chi connectivity index (χ4v) is 2.47. The summed E-state index contributed by atoms with van der Waals surface area (Å²) in [6, 6.07) is 3.85. The van der Waals surface area contributed by atoms with Crippen LogP contribution in [0.3, 0.4) is 0 Å². The Kier molecular flexibility index (Phi) is 4.05. The zero-order valence-electron chi connectivity index (χ0n) is 10.5. The van der Waals surface area contributed by atoms with E-state index in [0.717, 1.165) is 6.07 Å². The average molecular weight is 304 g/mol. The standard InChI is InChI=1S/C12H14F2N2O3S/c13-10-3-1-2-7(11(10)14)8-6-9(8)12(17)16-4-5-20(15,18)19/h1-3,8-9H,4-6H2,(H,16,17)(H2,15,18,19)/t8-,9-/m0/s1. The van der Waals surface area contributed by atoms with E-state index in [1.807, 2.05) is 0 Å². The highest BCUT2D eigenvalue weighted by Gasteiger charge is 2.45. The van der Waals surface area contributed by atoms with Gasteiger partial charge in [0, 0.05) is 12.5 Å². The Bertz CT molecular complexity index is 634. The number of primary sulfonamides is 1. The van der Waals surface area contributed by atoms with Crippen molar-refractivity contribution >= 4 is 15.9 Å². The first-order valence-electron chi connectivity index (χ1n) is 6.01. The van der Waals surface area contributed by atoms with E-state index < -0.39 is 27.6 Å². The van der Waals surface area contributed by atoms with Gasteiger partial charge in [-0.1, -0.05) is 12.1 Å². The van der Waals surface area contributed by atoms with E-state index in [-0.39, 0.29) is 29.7 Å². The molecule has 2 atom stereocenters. The smallest absolute Gasteiger partial charge is 0.223 e. The second-order valence-corrected chi connectivity index (χ2v) is 6.48. The van der Waals surface area contributed by atoms with Crippen LogP contribution in [-0.4, -0.2) is 26.6 Å². The number of carbonyl (C=O) groups excluding carboxylic acids is 1. The minimum atomic E-state index is -3.63. The number of rotatable bonds is 5. The monoisotopic (exact) mass is 304 g/mol. The van der Waals surface area contributed by atoms with E-state index in [9.17, 15) is 22.0 Å². The number of halogens is 2. The van der Waals surface area contributed by atoms with Crippen LogP contribution in [0, 0.1) is 17.6 Å². The van der Waals surface area contributed by atoms with Gasteiger partial charge in [0.15, 0.2) is 11.6 Å². The van der Waals surface area contributed by atoms with Crippen molar-refractivity contribution in [3.05, 3.63) is 35.4 Å². The van der Waals surface area contributed by atoms with Gasteiger partial charge in [-0.3, -0.25) is 4.79 Å². The van der Waals surface area contributed by atoms with Gasteiger partial charge in [-0.15, -0.1) is 0 Å². The summed E-state index contributed by atoms with van der Waals surface area (Å²) in [6.45, 7) is -0.0908. The number of hydrogen-bond donors (Lipinski definition) is 2. The van der Waals surface area contributed by atoms with Gasteiger partial charge >= 0.3 is 0 Å². The van der Waals surface area contributed by atoms with Gasteiger partial charge < -0.3 is 5.32 Å². The zero-order valence-corrected chi connectivity index (χ0v) is 11.3. The van der Waals surface area contributed by atoms with Crippen molar-refractivity contribution in [2.75, 3.05) is 12.3 Å². The maximum Gasteiger partial charge on any atom is 0.223 e. The highest BCUT2D eigenvalue weighted by Crippen LogP contribution is 2.48. The number of nitrogens with one attached hydrogen (secondary N) is 1. The minimum Gasteiger partial charge on any atom is -0.355 e. The van der Waals surface area contributed by atoms with Crippen molar-refractivity contribution in [1.29, 1.82) is 0 Å². The van der Waals surface area contributed by atoms with Crippen LogP contribution in [0.5, 0.6) is 0 Å². The Labute approximate surface area is 115 Å². The van der Waals surface area contributed by atoms with Crippen LogP contribution >= 0.6 is 0 Å². The molecule has 0 radical (unpaired) electrons. The molecule has 1 aromatic carbocycles. The number of amides is 1. The molecule has 0 aliphatic heterocycles. The van der Waals surface area contributed by atoms with Crippen LogP contribution in [0.15, 0.2) is 18.2 Å². The molecular formula is C12H14F2N2O3S. The van der Waals surface area contributed by atoms with E-state index in [1.54, 1.807) is 0 Å². The maximum absolute atomic E-state index is 13.5. The molecule has 5 nitrogen and oxygen atoms in total. The third-order valence-electron chi connectivity index (χ3n) is 3.19. The van der Waals surface area contributed by atoms with Crippen molar-refractivity contribution in [3.8, 4) is 0 Å². The lowest BCUT2D eigenvalue weighted by molar-refractivity contribution is -0.122. The molecule has 1 fully saturated rings. The second kappa shape index (κ2) is 5.45. The number of carbonyl (C=O) groups is 1. The summed E-state index contributed by atoms with van der Waals surface area (Å²) in [6.07, 6.45) is 0.418. The number of hydrogen-bond acceptors (Lipinski definition) is 3. The van der Waals surface area contributed by atoms with E-state index in [2.05, 4.69) is 5.32 Å². The Hall–Kier alpha value is -1.54. The van der Waals surface area contributed by atoms with Gasteiger partial charge in [-0.2, -0.15) is 0 Å². The first kappa shape index (κ1) is 14.9. The zero-order chi connectivity index (χ0) is 14.9. The third kappa shape index (κ3) is 3.51. The molecule has 0 aromatic heterocycles. The van der Waals surface area contributed by atoms with Crippen molar-refractivity contribution in [1.82, 2.24) is 5.32 Å². The van der Waals surface area contributed by atoms with E-state index in [0.29, 0.717) is 6.42 Å². The molecule has 1 aliphatic carbocycles. The number of sulfonamides is 1. The Morgan fingerprint density at radius 1 is 1.40 bits per heavy atom. The lowest BCUT2D eigenvalue weighted by Crippen LogP contribution is -2.32. The van der Waals surface area contributed by atoms with E-state index in [4.69, 9.17) is 5.14 Å². The first-order valence-corrected chi connectivity index (χ1v) is 7.73. The van der Waals surface area contributed by atoms with Gasteiger partial charge in [0.1, 0.15) is 0 Å². The molecule has 2 rings (SSSR count). The number of nitrogens with two attached hydrogens (primary N) is 1. The van der Waals surface area contributed by atoms with Gasteiger partial charge in [0.25, 0.3) is 0 Å². The molecule has 20 heavy (non-hydrogen) atoms. The van der Waals surface area contributed by atoms with Gasteiger partial charge in [0.05, 0.1) is 5.75 Å². The molecular weight excluding hydrogens is 290 g/mol. The van der Waals surface area contributed by atoms with Gasteiger partial charge in [-0.25, -0.2) is 22.3 Å². The lowest BCUT2D eigenvalue weighted by atomic mass is 10.1. The fraction of sp³-hybridized carbons (Fsp3) is 0.417. The predicted octanol–water partition coefficient (Wildman–Crippen LogP) is 0.473. The van der Waals surface area contributed by atoms with Crippen molar-refractivity contribution in [2.45, 2.75) is 12.3 Å². The minimum absolute atomic E-state index is 0.0908. The number of benzene rings is 1. The summed E-state index contributed by atoms with van der Waals surface area (Å²) in [7, 11) is -3.63. The molecule has 0 saturated heterocycles. The molecule has 8 heteroatoms. The molecule has 0 spiro atoms. The fourth-order valence-electron chi connectivity index (χ4n) is 2.08. The predicted molar refractivity (Wildman–Crippen MR) is 68.2 cm³/mol. The van der Waals surface area contributed by atoms with Crippen LogP contribution in [0.1, 0.15) is 17.9 Å². The van der Waals surface area contributed by atoms with Crippen molar-refractivity contribution in [2.24, 2.45) is 11.1 Å². The maximum atomic E-state index is 13.5. The lowest BCUT2D eigenvalue weighted by Gasteiger charge is -2.05. The third-order valence-corrected chi connectivity index (χ3v) is 3.97. The summed E-state index contributed by atoms with van der Waals surface area (Å²) in [5.74, 6) is -3.42. The molecule has 1 saturated carbocycles. The normalized spacial score (nSPS) is 21.6. The highest BCUT2D eigenvalue weighted by molar-refractivity contribution is 7.89. The molecule has 0 bridgehead atoms. The molecule has 1 aromatic rings. The molecule has 3 N–H and O–H groups in total. The molecule has 110 valence electrons. The van der Waals surface area contributed by atoms with Gasteiger partial charge in [-0.05, 0) is 24.0 Å². The Morgan fingerprint density at radius 2 is 2.10 bits per heavy atom. The van der Waals surface area contributed by atoms with Gasteiger partial charge in [0.2, 0.25) is 15.9 Å². The molecule has 1 aliphatic rings. The Morgan fingerprint density at radius 3 is 2.75 bits per heavy atom.